The van der Waals surface area contributed by atoms with E-state index in [1.54, 1.807) is 10.9 Å². The number of hydrogen-bond acceptors (Lipinski definition) is 3. The van der Waals surface area contributed by atoms with E-state index < -0.39 is 0 Å². The van der Waals surface area contributed by atoms with E-state index in [9.17, 15) is 4.79 Å². The number of carbonyl (C=O) groups excluding carboxylic acids is 1. The largest absolute Gasteiger partial charge is 0.293 e. The molecule has 3 N–H and O–H groups in total. The molecule has 0 aliphatic carbocycles. The molecule has 0 aliphatic heterocycles. The van der Waals surface area contributed by atoms with Gasteiger partial charge in [-0.15, -0.1) is 0 Å². The lowest BCUT2D eigenvalue weighted by Crippen LogP contribution is -2.33. The number of rotatable bonds is 2. The van der Waals surface area contributed by atoms with Crippen molar-refractivity contribution in [2.75, 3.05) is 0 Å². The molecule has 1 aromatic carbocycles. The first-order valence-electron chi connectivity index (χ1n) is 4.21. The number of carbonyl (C=O) groups is 1. The van der Waals surface area contributed by atoms with Gasteiger partial charge in [0.05, 0.1) is 11.7 Å². The number of nitrogens with zero attached hydrogens (tertiary/aromatic N) is 2. The van der Waals surface area contributed by atoms with E-state index in [2.05, 4.69) is 10.5 Å². The molecule has 0 atom stereocenters. The smallest absolute Gasteiger partial charge is 0.255 e. The lowest BCUT2D eigenvalue weighted by Gasteiger charge is -2.01. The summed E-state index contributed by atoms with van der Waals surface area (Å²) in [6, 6.07) is 7.68. The molecule has 0 unspecified atom stereocenters. The molecule has 2 aromatic rings. The van der Waals surface area contributed by atoms with E-state index in [4.69, 9.17) is 5.84 Å². The van der Waals surface area contributed by atoms with Crippen molar-refractivity contribution in [2.24, 2.45) is 5.84 Å². The molecule has 0 radical (unpaired) electrons. The molecule has 1 aromatic heterocycles. The summed E-state index contributed by atoms with van der Waals surface area (Å²) in [5, 5.41) is 5.09. The van der Waals surface area contributed by atoms with Gasteiger partial charge in [-0.25, -0.2) is 5.84 Å². The second-order valence-electron chi connectivity index (χ2n) is 2.93. The highest BCUT2D eigenvalue weighted by Gasteiger charge is 2.04. The average Bonchev–Trinajstić information content (AvgIpc) is 2.62. The Hall–Kier alpha value is -1.88. The minimum absolute atomic E-state index is 0.143. The van der Waals surface area contributed by atoms with E-state index in [0.717, 1.165) is 10.9 Å². The second kappa shape index (κ2) is 3.47. The number of hydrogen-bond donors (Lipinski definition) is 2. The van der Waals surface area contributed by atoms with Crippen LogP contribution in [0.25, 0.3) is 10.9 Å². The molecule has 0 fully saturated rings. The zero-order valence-corrected chi connectivity index (χ0v) is 7.47. The molecule has 14 heavy (non-hydrogen) atoms. The summed E-state index contributed by atoms with van der Waals surface area (Å²) in [6.45, 7) is 0.143. The minimum atomic E-state index is -0.265. The van der Waals surface area contributed by atoms with Gasteiger partial charge in [0, 0.05) is 5.39 Å². The summed E-state index contributed by atoms with van der Waals surface area (Å²) in [7, 11) is 0. The summed E-state index contributed by atoms with van der Waals surface area (Å²) < 4.78 is 1.61. The fourth-order valence-corrected chi connectivity index (χ4v) is 1.33. The highest BCUT2D eigenvalue weighted by molar-refractivity contribution is 5.81. The van der Waals surface area contributed by atoms with Crippen LogP contribution < -0.4 is 11.3 Å². The third-order valence-electron chi connectivity index (χ3n) is 2.01. The van der Waals surface area contributed by atoms with Gasteiger partial charge in [0.1, 0.15) is 6.54 Å². The lowest BCUT2D eigenvalue weighted by molar-refractivity contribution is -0.121. The van der Waals surface area contributed by atoms with Crippen molar-refractivity contribution >= 4 is 16.8 Å². The predicted molar refractivity (Wildman–Crippen MR) is 52.1 cm³/mol. The highest BCUT2D eigenvalue weighted by atomic mass is 16.2. The number of para-hydroxylation sites is 1. The number of nitrogens with one attached hydrogen (secondary N) is 1. The van der Waals surface area contributed by atoms with E-state index in [0.29, 0.717) is 0 Å². The van der Waals surface area contributed by atoms with Crippen LogP contribution in [-0.2, 0) is 11.3 Å². The molecular formula is C9H10N4O. The predicted octanol–water partition coefficient (Wildman–Crippen LogP) is 0.0262. The molecule has 1 amide bonds. The van der Waals surface area contributed by atoms with Crippen LogP contribution in [0.1, 0.15) is 0 Å². The van der Waals surface area contributed by atoms with E-state index in [1.165, 1.54) is 0 Å². The Labute approximate surface area is 80.5 Å². The Bertz CT molecular complexity index is 463. The van der Waals surface area contributed by atoms with Crippen molar-refractivity contribution in [2.45, 2.75) is 6.54 Å². The van der Waals surface area contributed by atoms with Gasteiger partial charge in [-0.2, -0.15) is 5.10 Å². The number of aromatic nitrogens is 2. The highest BCUT2D eigenvalue weighted by Crippen LogP contribution is 2.11. The molecule has 1 heterocycles. The third kappa shape index (κ3) is 1.45. The van der Waals surface area contributed by atoms with E-state index >= 15 is 0 Å². The normalized spacial score (nSPS) is 10.4. The Balaban J connectivity index is 2.38. The molecule has 0 saturated heterocycles. The molecule has 0 bridgehead atoms. The monoisotopic (exact) mass is 190 g/mol. The average molecular weight is 190 g/mol. The van der Waals surface area contributed by atoms with Crippen LogP contribution in [0.15, 0.2) is 30.5 Å². The Morgan fingerprint density at radius 1 is 1.50 bits per heavy atom. The third-order valence-corrected chi connectivity index (χ3v) is 2.01. The van der Waals surface area contributed by atoms with E-state index in [1.807, 2.05) is 24.3 Å². The SMILES string of the molecule is NNC(=O)Cn1ncc2ccccc21. The lowest BCUT2D eigenvalue weighted by atomic mass is 10.2. The van der Waals surface area contributed by atoms with Gasteiger partial charge in [-0.3, -0.25) is 14.9 Å². The molecule has 2 rings (SSSR count). The Morgan fingerprint density at radius 2 is 2.29 bits per heavy atom. The molecule has 0 aliphatic rings. The number of nitrogens with two attached hydrogens (primary N) is 1. The van der Waals surface area contributed by atoms with Crippen LogP contribution in [-0.4, -0.2) is 15.7 Å². The van der Waals surface area contributed by atoms with Gasteiger partial charge >= 0.3 is 0 Å². The maximum atomic E-state index is 11.0. The molecule has 5 heteroatoms. The zero-order valence-electron chi connectivity index (χ0n) is 7.47. The summed E-state index contributed by atoms with van der Waals surface area (Å²) in [5.41, 5.74) is 3.00. The first-order chi connectivity index (χ1) is 6.81. The zero-order chi connectivity index (χ0) is 9.97. The first kappa shape index (κ1) is 8.71. The van der Waals surface area contributed by atoms with Crippen LogP contribution in [0.2, 0.25) is 0 Å². The van der Waals surface area contributed by atoms with Gasteiger partial charge < -0.3 is 0 Å². The fraction of sp³-hybridized carbons (Fsp3) is 0.111. The van der Waals surface area contributed by atoms with Gasteiger partial charge in [0.25, 0.3) is 5.91 Å². The molecular weight excluding hydrogens is 180 g/mol. The number of benzene rings is 1. The number of amides is 1. The maximum Gasteiger partial charge on any atom is 0.255 e. The maximum absolute atomic E-state index is 11.0. The van der Waals surface area contributed by atoms with Crippen LogP contribution in [0, 0.1) is 0 Å². The molecule has 5 nitrogen and oxygen atoms in total. The second-order valence-corrected chi connectivity index (χ2v) is 2.93. The van der Waals surface area contributed by atoms with Gasteiger partial charge in [-0.1, -0.05) is 18.2 Å². The summed E-state index contributed by atoms with van der Waals surface area (Å²) >= 11 is 0. The van der Waals surface area contributed by atoms with Crippen molar-refractivity contribution in [1.29, 1.82) is 0 Å². The summed E-state index contributed by atoms with van der Waals surface area (Å²) in [4.78, 5) is 11.0. The van der Waals surface area contributed by atoms with Gasteiger partial charge in [-0.05, 0) is 6.07 Å². The first-order valence-corrected chi connectivity index (χ1v) is 4.21. The molecule has 72 valence electrons. The number of hydrazine groups is 1. The number of fused-ring (bicyclic) bond motifs is 1. The molecule has 0 saturated carbocycles. The van der Waals surface area contributed by atoms with Crippen molar-refractivity contribution in [3.05, 3.63) is 30.5 Å². The summed E-state index contributed by atoms with van der Waals surface area (Å²) in [5.74, 6) is 4.73. The van der Waals surface area contributed by atoms with Crippen LogP contribution in [0.3, 0.4) is 0 Å². The van der Waals surface area contributed by atoms with Crippen LogP contribution >= 0.6 is 0 Å². The Kier molecular flexibility index (Phi) is 2.16. The topological polar surface area (TPSA) is 72.9 Å². The standard InChI is InChI=1S/C9H10N4O/c10-12-9(14)6-13-8-4-2-1-3-7(8)5-11-13/h1-5H,6,10H2,(H,12,14). The van der Waals surface area contributed by atoms with Gasteiger partial charge in [0.2, 0.25) is 0 Å². The molecule has 0 spiro atoms. The Morgan fingerprint density at radius 3 is 3.07 bits per heavy atom. The quantitative estimate of drug-likeness (QED) is 0.398. The van der Waals surface area contributed by atoms with Crippen molar-refractivity contribution in [3.63, 3.8) is 0 Å². The fourth-order valence-electron chi connectivity index (χ4n) is 1.33. The summed E-state index contributed by atoms with van der Waals surface area (Å²) in [6.07, 6.45) is 1.72. The van der Waals surface area contributed by atoms with Gasteiger partial charge in [0.15, 0.2) is 0 Å². The van der Waals surface area contributed by atoms with Crippen LogP contribution in [0.5, 0.6) is 0 Å². The van der Waals surface area contributed by atoms with E-state index in [-0.39, 0.29) is 12.5 Å². The van der Waals surface area contributed by atoms with Crippen LogP contribution in [0.4, 0.5) is 0 Å². The van der Waals surface area contributed by atoms with Crippen molar-refractivity contribution < 1.29 is 4.79 Å². The minimum Gasteiger partial charge on any atom is -0.293 e. The van der Waals surface area contributed by atoms with Crippen molar-refractivity contribution in [3.8, 4) is 0 Å². The van der Waals surface area contributed by atoms with Crippen molar-refractivity contribution in [1.82, 2.24) is 15.2 Å².